The Bertz CT molecular complexity index is 590. The van der Waals surface area contributed by atoms with Gasteiger partial charge in [-0.2, -0.15) is 0 Å². The fourth-order valence-corrected chi connectivity index (χ4v) is 2.86. The molecule has 0 aliphatic heterocycles. The van der Waals surface area contributed by atoms with Crippen molar-refractivity contribution in [2.45, 2.75) is 6.54 Å². The quantitative estimate of drug-likeness (QED) is 0.727. The van der Waals surface area contributed by atoms with Gasteiger partial charge in [0.15, 0.2) is 0 Å². The molecule has 0 saturated carbocycles. The highest BCUT2D eigenvalue weighted by Gasteiger charge is 2.05. The minimum atomic E-state index is 0.643. The summed E-state index contributed by atoms with van der Waals surface area (Å²) in [5, 5.41) is 3.99. The van der Waals surface area contributed by atoms with Crippen molar-refractivity contribution in [3.63, 3.8) is 0 Å². The first kappa shape index (κ1) is 14.7. The van der Waals surface area contributed by atoms with Crippen LogP contribution in [0.15, 0.2) is 45.3 Å². The normalized spacial score (nSPS) is 10.3. The Morgan fingerprint density at radius 1 is 1.11 bits per heavy atom. The van der Waals surface area contributed by atoms with Crippen LogP contribution in [-0.2, 0) is 6.54 Å². The molecule has 0 saturated heterocycles. The van der Waals surface area contributed by atoms with Crippen molar-refractivity contribution in [2.24, 2.45) is 0 Å². The Morgan fingerprint density at radius 3 is 2.47 bits per heavy atom. The van der Waals surface area contributed by atoms with E-state index in [4.69, 9.17) is 16.3 Å². The van der Waals surface area contributed by atoms with E-state index in [9.17, 15) is 0 Å². The second-order valence-corrected chi connectivity index (χ2v) is 6.17. The van der Waals surface area contributed by atoms with E-state index in [-0.39, 0.29) is 0 Å². The molecule has 0 unspecified atom stereocenters. The molecule has 100 valence electrons. The zero-order chi connectivity index (χ0) is 13.8. The van der Waals surface area contributed by atoms with Gasteiger partial charge in [0.2, 0.25) is 0 Å². The van der Waals surface area contributed by atoms with Crippen molar-refractivity contribution in [3.8, 4) is 5.75 Å². The molecule has 0 spiro atoms. The topological polar surface area (TPSA) is 21.3 Å². The fourth-order valence-electron chi connectivity index (χ4n) is 1.71. The van der Waals surface area contributed by atoms with Crippen molar-refractivity contribution < 1.29 is 4.74 Å². The number of ether oxygens (including phenoxy) is 1. The highest BCUT2D eigenvalue weighted by Crippen LogP contribution is 2.28. The Labute approximate surface area is 134 Å². The number of hydrogen-bond acceptors (Lipinski definition) is 2. The minimum absolute atomic E-state index is 0.643. The van der Waals surface area contributed by atoms with Gasteiger partial charge in [0.25, 0.3) is 0 Å². The number of benzene rings is 2. The highest BCUT2D eigenvalue weighted by atomic mass is 79.9. The molecular weight excluding hydrogens is 393 g/mol. The first-order chi connectivity index (χ1) is 9.10. The van der Waals surface area contributed by atoms with Gasteiger partial charge in [-0.15, -0.1) is 0 Å². The molecule has 5 heteroatoms. The average Bonchev–Trinajstić information content (AvgIpc) is 2.38. The Balaban J connectivity index is 2.16. The van der Waals surface area contributed by atoms with Gasteiger partial charge in [0.1, 0.15) is 5.75 Å². The Hall–Kier alpha value is -0.710. The molecule has 0 aromatic heterocycles. The van der Waals surface area contributed by atoms with Gasteiger partial charge < -0.3 is 10.1 Å². The van der Waals surface area contributed by atoms with Gasteiger partial charge in [0, 0.05) is 21.1 Å². The summed E-state index contributed by atoms with van der Waals surface area (Å²) in [6.45, 7) is 0.643. The molecule has 19 heavy (non-hydrogen) atoms. The van der Waals surface area contributed by atoms with Gasteiger partial charge >= 0.3 is 0 Å². The van der Waals surface area contributed by atoms with Gasteiger partial charge in [-0.25, -0.2) is 0 Å². The molecule has 2 aromatic carbocycles. The van der Waals surface area contributed by atoms with Crippen LogP contribution in [0, 0.1) is 0 Å². The maximum absolute atomic E-state index is 6.17. The van der Waals surface area contributed by atoms with Crippen LogP contribution in [0.1, 0.15) is 5.56 Å². The monoisotopic (exact) mass is 403 g/mol. The van der Waals surface area contributed by atoms with E-state index in [1.165, 1.54) is 0 Å². The lowest BCUT2D eigenvalue weighted by Gasteiger charge is -2.12. The van der Waals surface area contributed by atoms with E-state index >= 15 is 0 Å². The number of rotatable bonds is 4. The number of hydrogen-bond donors (Lipinski definition) is 1. The van der Waals surface area contributed by atoms with Crippen LogP contribution in [0.25, 0.3) is 0 Å². The molecule has 0 bridgehead atoms. The number of nitrogens with one attached hydrogen (secondary N) is 1. The maximum Gasteiger partial charge on any atom is 0.123 e. The van der Waals surface area contributed by atoms with Crippen molar-refractivity contribution in [1.29, 1.82) is 0 Å². The third-order valence-corrected chi connectivity index (χ3v) is 3.94. The fraction of sp³-hybridized carbons (Fsp3) is 0.143. The van der Waals surface area contributed by atoms with E-state index < -0.39 is 0 Å². The molecule has 0 radical (unpaired) electrons. The Kier molecular flexibility index (Phi) is 5.13. The summed E-state index contributed by atoms with van der Waals surface area (Å²) in [7, 11) is 1.67. The summed E-state index contributed by atoms with van der Waals surface area (Å²) in [5.74, 6) is 0.851. The lowest BCUT2D eigenvalue weighted by molar-refractivity contribution is 0.410. The second-order valence-electron chi connectivity index (χ2n) is 3.93. The second kappa shape index (κ2) is 6.64. The third kappa shape index (κ3) is 3.88. The van der Waals surface area contributed by atoms with Crippen LogP contribution < -0.4 is 10.1 Å². The molecule has 2 nitrogen and oxygen atoms in total. The van der Waals surface area contributed by atoms with E-state index in [0.717, 1.165) is 25.9 Å². The summed E-state index contributed by atoms with van der Waals surface area (Å²) in [5.41, 5.74) is 1.96. The van der Waals surface area contributed by atoms with E-state index in [1.54, 1.807) is 7.11 Å². The van der Waals surface area contributed by atoms with Crippen LogP contribution in [0.3, 0.4) is 0 Å². The number of anilines is 1. The summed E-state index contributed by atoms with van der Waals surface area (Å²) < 4.78 is 7.32. The number of halogens is 3. The van der Waals surface area contributed by atoms with Gasteiger partial charge in [-0.3, -0.25) is 0 Å². The van der Waals surface area contributed by atoms with Crippen molar-refractivity contribution >= 4 is 49.1 Å². The SMILES string of the molecule is COc1ccc(Br)cc1CNc1ccc(Br)cc1Cl. The standard InChI is InChI=1S/C14H12Br2ClNO/c1-19-14-5-3-10(15)6-9(14)8-18-13-4-2-11(16)7-12(13)17/h2-7,18H,8H2,1H3. The molecule has 0 heterocycles. The molecule has 0 amide bonds. The zero-order valence-electron chi connectivity index (χ0n) is 10.2. The van der Waals surface area contributed by atoms with Crippen LogP contribution in [0.5, 0.6) is 5.75 Å². The maximum atomic E-state index is 6.17. The summed E-state index contributed by atoms with van der Waals surface area (Å²) in [4.78, 5) is 0. The molecule has 0 aliphatic carbocycles. The largest absolute Gasteiger partial charge is 0.496 e. The predicted molar refractivity (Wildman–Crippen MR) is 87.2 cm³/mol. The van der Waals surface area contributed by atoms with E-state index in [1.807, 2.05) is 36.4 Å². The average molecular weight is 406 g/mol. The molecule has 0 atom stereocenters. The highest BCUT2D eigenvalue weighted by molar-refractivity contribution is 9.10. The van der Waals surface area contributed by atoms with E-state index in [2.05, 4.69) is 37.2 Å². The molecule has 1 N–H and O–H groups in total. The van der Waals surface area contributed by atoms with Crippen LogP contribution >= 0.6 is 43.5 Å². The van der Waals surface area contributed by atoms with Crippen molar-refractivity contribution in [3.05, 3.63) is 55.9 Å². The van der Waals surface area contributed by atoms with E-state index in [0.29, 0.717) is 11.6 Å². The van der Waals surface area contributed by atoms with Gasteiger partial charge in [-0.05, 0) is 36.4 Å². The predicted octanol–water partition coefficient (Wildman–Crippen LogP) is 5.49. The van der Waals surface area contributed by atoms with Crippen molar-refractivity contribution in [2.75, 3.05) is 12.4 Å². The minimum Gasteiger partial charge on any atom is -0.496 e. The molecule has 2 aromatic rings. The first-order valence-electron chi connectivity index (χ1n) is 5.61. The molecule has 2 rings (SSSR count). The molecule has 0 fully saturated rings. The third-order valence-electron chi connectivity index (χ3n) is 2.64. The van der Waals surface area contributed by atoms with Gasteiger partial charge in [0.05, 0.1) is 17.8 Å². The van der Waals surface area contributed by atoms with Gasteiger partial charge in [-0.1, -0.05) is 43.5 Å². The first-order valence-corrected chi connectivity index (χ1v) is 7.58. The summed E-state index contributed by atoms with van der Waals surface area (Å²) >= 11 is 13.0. The Morgan fingerprint density at radius 2 is 1.79 bits per heavy atom. The molecule has 0 aliphatic rings. The summed E-state index contributed by atoms with van der Waals surface area (Å²) in [6.07, 6.45) is 0. The van der Waals surface area contributed by atoms with Crippen LogP contribution in [-0.4, -0.2) is 7.11 Å². The molecular formula is C14H12Br2ClNO. The summed E-state index contributed by atoms with van der Waals surface area (Å²) in [6, 6.07) is 11.7. The van der Waals surface area contributed by atoms with Crippen LogP contribution in [0.2, 0.25) is 5.02 Å². The van der Waals surface area contributed by atoms with Crippen molar-refractivity contribution in [1.82, 2.24) is 0 Å². The number of methoxy groups -OCH3 is 1. The lowest BCUT2D eigenvalue weighted by Crippen LogP contribution is -2.02. The van der Waals surface area contributed by atoms with Crippen LogP contribution in [0.4, 0.5) is 5.69 Å². The smallest absolute Gasteiger partial charge is 0.123 e. The lowest BCUT2D eigenvalue weighted by atomic mass is 10.2. The zero-order valence-corrected chi connectivity index (χ0v) is 14.1.